The van der Waals surface area contributed by atoms with Gasteiger partial charge in [0.15, 0.2) is 0 Å². The molecule has 0 aliphatic rings. The second-order valence-electron chi connectivity index (χ2n) is 7.63. The molecule has 0 aliphatic heterocycles. The van der Waals surface area contributed by atoms with Crippen molar-refractivity contribution in [3.8, 4) is 5.75 Å². The SMILES string of the molecule is CCC(CC(CC(C)C(=O)[O-])c1ccc(O)cc1)C(=O)OCc1ccc(S(=O)(=O)[O-])cn1.[Na+].[Na+]. The second-order valence-corrected chi connectivity index (χ2v) is 9.01. The van der Waals surface area contributed by atoms with Gasteiger partial charge in [0.25, 0.3) is 0 Å². The molecule has 0 radical (unpaired) electrons. The normalized spacial score (nSPS) is 13.5. The quantitative estimate of drug-likeness (QED) is 0.180. The van der Waals surface area contributed by atoms with Crippen molar-refractivity contribution in [1.82, 2.24) is 4.98 Å². The fourth-order valence-corrected chi connectivity index (χ4v) is 3.73. The molecule has 0 aliphatic carbocycles. The fraction of sp³-hybridized carbons (Fsp3) is 0.409. The van der Waals surface area contributed by atoms with Crippen LogP contribution in [0.4, 0.5) is 0 Å². The van der Waals surface area contributed by atoms with Crippen molar-refractivity contribution in [3.05, 3.63) is 53.9 Å². The maximum atomic E-state index is 12.6. The van der Waals surface area contributed by atoms with Gasteiger partial charge in [0, 0.05) is 12.2 Å². The number of carboxylic acids is 1. The molecule has 9 nitrogen and oxygen atoms in total. The van der Waals surface area contributed by atoms with Gasteiger partial charge in [0.2, 0.25) is 0 Å². The predicted molar refractivity (Wildman–Crippen MR) is 110 cm³/mol. The van der Waals surface area contributed by atoms with Gasteiger partial charge >= 0.3 is 65.1 Å². The molecule has 12 heteroatoms. The van der Waals surface area contributed by atoms with Crippen molar-refractivity contribution in [2.45, 2.75) is 50.5 Å². The number of carbonyl (C=O) groups is 2. The number of aliphatic carboxylic acids is 1. The van der Waals surface area contributed by atoms with Crippen LogP contribution in [0.2, 0.25) is 0 Å². The van der Waals surface area contributed by atoms with Gasteiger partial charge in [-0.25, -0.2) is 8.42 Å². The Kier molecular flexibility index (Phi) is 14.8. The van der Waals surface area contributed by atoms with Gasteiger partial charge in [-0.1, -0.05) is 26.0 Å². The molecule has 0 fully saturated rings. The molecule has 174 valence electrons. The minimum Gasteiger partial charge on any atom is -0.744 e. The summed E-state index contributed by atoms with van der Waals surface area (Å²) in [5, 5.41) is 20.8. The Bertz CT molecular complexity index is 1030. The summed E-state index contributed by atoms with van der Waals surface area (Å²) in [5.74, 6) is -3.14. The number of carbonyl (C=O) groups excluding carboxylic acids is 2. The fourth-order valence-electron chi connectivity index (χ4n) is 3.32. The summed E-state index contributed by atoms with van der Waals surface area (Å²) < 4.78 is 38.2. The molecule has 34 heavy (non-hydrogen) atoms. The smallest absolute Gasteiger partial charge is 0.744 e. The molecule has 0 amide bonds. The van der Waals surface area contributed by atoms with Crippen LogP contribution in [0.15, 0.2) is 47.5 Å². The van der Waals surface area contributed by atoms with Crippen molar-refractivity contribution in [2.75, 3.05) is 0 Å². The third-order valence-electron chi connectivity index (χ3n) is 5.25. The van der Waals surface area contributed by atoms with E-state index >= 15 is 0 Å². The largest absolute Gasteiger partial charge is 1.00 e. The zero-order valence-corrected chi connectivity index (χ0v) is 24.6. The number of pyridine rings is 1. The van der Waals surface area contributed by atoms with E-state index in [0.717, 1.165) is 17.8 Å². The van der Waals surface area contributed by atoms with Gasteiger partial charge in [-0.05, 0) is 60.9 Å². The summed E-state index contributed by atoms with van der Waals surface area (Å²) >= 11 is 0. The van der Waals surface area contributed by atoms with E-state index in [9.17, 15) is 32.8 Å². The molecule has 3 unspecified atom stereocenters. The number of aromatic nitrogens is 1. The number of rotatable bonds is 11. The van der Waals surface area contributed by atoms with Crippen molar-refractivity contribution in [2.24, 2.45) is 11.8 Å². The number of carboxylic acid groups (broad SMARTS) is 1. The van der Waals surface area contributed by atoms with E-state index in [1.165, 1.54) is 18.2 Å². The van der Waals surface area contributed by atoms with Crippen molar-refractivity contribution in [3.63, 3.8) is 0 Å². The molecule has 1 aromatic heterocycles. The van der Waals surface area contributed by atoms with E-state index in [4.69, 9.17) is 4.74 Å². The number of hydrogen-bond acceptors (Lipinski definition) is 9. The summed E-state index contributed by atoms with van der Waals surface area (Å²) in [7, 11) is -4.61. The molecule has 0 saturated carbocycles. The number of nitrogens with zero attached hydrogens (tertiary/aromatic N) is 1. The van der Waals surface area contributed by atoms with E-state index in [-0.39, 0.29) is 89.5 Å². The summed E-state index contributed by atoms with van der Waals surface area (Å²) in [4.78, 5) is 27.2. The van der Waals surface area contributed by atoms with Gasteiger partial charge in [0.1, 0.15) is 22.5 Å². The Balaban J connectivity index is 0.00000544. The van der Waals surface area contributed by atoms with Crippen LogP contribution in [0, 0.1) is 11.8 Å². The van der Waals surface area contributed by atoms with Crippen molar-refractivity contribution >= 4 is 22.1 Å². The first kappa shape index (κ1) is 33.0. The zero-order chi connectivity index (χ0) is 23.9. The molecular formula is C22H25NNa2O8S. The number of benzene rings is 1. The molecule has 1 heterocycles. The topological polar surface area (TPSA) is 157 Å². The number of phenols is 1. The number of aromatic hydroxyl groups is 1. The molecule has 0 bridgehead atoms. The summed E-state index contributed by atoms with van der Waals surface area (Å²) in [6, 6.07) is 8.77. The molecule has 0 saturated heterocycles. The Morgan fingerprint density at radius 2 is 1.71 bits per heavy atom. The van der Waals surface area contributed by atoms with Gasteiger partial charge in [0.05, 0.1) is 16.5 Å². The maximum absolute atomic E-state index is 12.6. The number of hydrogen-bond donors (Lipinski definition) is 1. The standard InChI is InChI=1S/C22H27NO8S.2Na/c1-3-15(22(27)31-13-18-6-9-20(12-23-18)32(28,29)30)11-17(10-14(2)21(25)26)16-4-7-19(24)8-5-16;;/h4-9,12,14-15,17,24H,3,10-11,13H2,1-2H3,(H,25,26)(H,28,29,30);;/q;2*+1/p-2. The molecule has 2 rings (SSSR count). The maximum Gasteiger partial charge on any atom is 1.00 e. The van der Waals surface area contributed by atoms with Crippen LogP contribution in [0.1, 0.15) is 50.3 Å². The van der Waals surface area contributed by atoms with E-state index in [0.29, 0.717) is 12.8 Å². The van der Waals surface area contributed by atoms with Crippen LogP contribution >= 0.6 is 0 Å². The van der Waals surface area contributed by atoms with Gasteiger partial charge < -0.3 is 24.3 Å². The third-order valence-corrected chi connectivity index (χ3v) is 6.07. The number of esters is 1. The first-order valence-electron chi connectivity index (χ1n) is 10.1. The zero-order valence-electron chi connectivity index (χ0n) is 19.8. The van der Waals surface area contributed by atoms with E-state index in [1.807, 2.05) is 6.92 Å². The molecule has 1 aromatic carbocycles. The monoisotopic (exact) mass is 509 g/mol. The van der Waals surface area contributed by atoms with Crippen LogP contribution in [0.25, 0.3) is 0 Å². The molecule has 0 spiro atoms. The third kappa shape index (κ3) is 10.3. The molecule has 2 aromatic rings. The van der Waals surface area contributed by atoms with Crippen LogP contribution in [0.5, 0.6) is 5.75 Å². The Morgan fingerprint density at radius 1 is 1.09 bits per heavy atom. The van der Waals surface area contributed by atoms with Gasteiger partial charge in [-0.3, -0.25) is 9.78 Å². The Hall–Kier alpha value is -0.980. The minimum absolute atomic E-state index is 0. The van der Waals surface area contributed by atoms with E-state index in [2.05, 4.69) is 4.98 Å². The average molecular weight is 509 g/mol. The van der Waals surface area contributed by atoms with Gasteiger partial charge in [-0.2, -0.15) is 0 Å². The second kappa shape index (κ2) is 15.2. The van der Waals surface area contributed by atoms with E-state index in [1.54, 1.807) is 19.1 Å². The molecular weight excluding hydrogens is 484 g/mol. The van der Waals surface area contributed by atoms with Gasteiger partial charge in [-0.15, -0.1) is 0 Å². The summed E-state index contributed by atoms with van der Waals surface area (Å²) in [6.45, 7) is 3.15. The molecule has 1 N–H and O–H groups in total. The predicted octanol–water partition coefficient (Wildman–Crippen LogP) is -4.28. The number of ether oxygens (including phenoxy) is 1. The summed E-state index contributed by atoms with van der Waals surface area (Å²) in [5.41, 5.74) is 1.07. The minimum atomic E-state index is -4.61. The number of phenolic OH excluding ortho intramolecular Hbond substituents is 1. The first-order valence-corrected chi connectivity index (χ1v) is 11.5. The average Bonchev–Trinajstić information content (AvgIpc) is 2.75. The van der Waals surface area contributed by atoms with Crippen LogP contribution in [-0.4, -0.2) is 35.0 Å². The molecule has 3 atom stereocenters. The van der Waals surface area contributed by atoms with Crippen molar-refractivity contribution in [1.29, 1.82) is 0 Å². The van der Waals surface area contributed by atoms with Crippen LogP contribution < -0.4 is 64.2 Å². The first-order chi connectivity index (χ1) is 15.0. The van der Waals surface area contributed by atoms with Crippen LogP contribution in [-0.2, 0) is 31.1 Å². The van der Waals surface area contributed by atoms with E-state index < -0.39 is 38.8 Å². The summed E-state index contributed by atoms with van der Waals surface area (Å²) in [6.07, 6.45) is 1.95. The Labute approximate surface area is 243 Å². The van der Waals surface area contributed by atoms with Crippen LogP contribution in [0.3, 0.4) is 0 Å². The van der Waals surface area contributed by atoms with Crippen molar-refractivity contribution < 1.29 is 96.6 Å². The Morgan fingerprint density at radius 3 is 2.18 bits per heavy atom.